The van der Waals surface area contributed by atoms with Gasteiger partial charge in [0.25, 0.3) is 0 Å². The lowest BCUT2D eigenvalue weighted by Gasteiger charge is -2.12. The zero-order chi connectivity index (χ0) is 18.8. The average molecular weight is 522 g/mol. The Morgan fingerprint density at radius 1 is 1.30 bits per heavy atom. The van der Waals surface area contributed by atoms with Crippen LogP contribution in [0, 0.1) is 12.7 Å². The maximum absolute atomic E-state index is 13.5. The van der Waals surface area contributed by atoms with E-state index in [2.05, 4.69) is 26.0 Å². The maximum Gasteiger partial charge on any atom is 0.191 e. The Hall–Kier alpha value is -0.870. The Morgan fingerprint density at radius 2 is 2.11 bits per heavy atom. The van der Waals surface area contributed by atoms with Gasteiger partial charge in [-0.15, -0.1) is 35.3 Å². The number of thiazole rings is 1. The molecule has 4 nitrogen and oxygen atoms in total. The SMILES string of the molecule is CCNC(=NCc1ccc(F)cc1CSC)NCCCc1nc(C)cs1.I. The van der Waals surface area contributed by atoms with E-state index in [9.17, 15) is 4.39 Å². The van der Waals surface area contributed by atoms with Crippen LogP contribution in [0.2, 0.25) is 0 Å². The van der Waals surface area contributed by atoms with Crippen LogP contribution in [0.15, 0.2) is 28.6 Å². The van der Waals surface area contributed by atoms with Crippen molar-refractivity contribution in [3.8, 4) is 0 Å². The first kappa shape index (κ1) is 24.2. The first-order chi connectivity index (χ1) is 12.6. The van der Waals surface area contributed by atoms with Crippen LogP contribution in [0.3, 0.4) is 0 Å². The van der Waals surface area contributed by atoms with Crippen LogP contribution >= 0.6 is 47.1 Å². The van der Waals surface area contributed by atoms with E-state index in [0.29, 0.717) is 6.54 Å². The van der Waals surface area contributed by atoms with Gasteiger partial charge in [-0.25, -0.2) is 14.4 Å². The van der Waals surface area contributed by atoms with Gasteiger partial charge in [-0.05, 0) is 49.8 Å². The molecule has 0 amide bonds. The molecule has 0 aliphatic rings. The van der Waals surface area contributed by atoms with Gasteiger partial charge in [0.2, 0.25) is 0 Å². The molecule has 0 radical (unpaired) electrons. The molecule has 1 heterocycles. The normalized spacial score (nSPS) is 11.2. The Balaban J connectivity index is 0.00000364. The van der Waals surface area contributed by atoms with E-state index in [1.807, 2.05) is 26.2 Å². The number of aryl methyl sites for hydroxylation is 2. The molecule has 2 rings (SSSR count). The van der Waals surface area contributed by atoms with Crippen molar-refractivity contribution in [2.45, 2.75) is 39.0 Å². The summed E-state index contributed by atoms with van der Waals surface area (Å²) in [6.45, 7) is 6.25. The number of nitrogens with zero attached hydrogens (tertiary/aromatic N) is 2. The molecule has 2 N–H and O–H groups in total. The average Bonchev–Trinajstić information content (AvgIpc) is 3.03. The highest BCUT2D eigenvalue weighted by molar-refractivity contribution is 14.0. The number of benzene rings is 1. The summed E-state index contributed by atoms with van der Waals surface area (Å²) in [6.07, 6.45) is 4.00. The fraction of sp³-hybridized carbons (Fsp3) is 0.474. The predicted molar refractivity (Wildman–Crippen MR) is 127 cm³/mol. The Morgan fingerprint density at radius 3 is 2.78 bits per heavy atom. The number of nitrogens with one attached hydrogen (secondary N) is 2. The molecular formula is C19H28FIN4S2. The van der Waals surface area contributed by atoms with Crippen LogP contribution in [-0.2, 0) is 18.7 Å². The Kier molecular flexibility index (Phi) is 11.9. The van der Waals surface area contributed by atoms with Gasteiger partial charge in [-0.1, -0.05) is 6.07 Å². The van der Waals surface area contributed by atoms with Gasteiger partial charge >= 0.3 is 0 Å². The first-order valence-corrected chi connectivity index (χ1v) is 11.1. The van der Waals surface area contributed by atoms with Crippen LogP contribution < -0.4 is 10.6 Å². The minimum Gasteiger partial charge on any atom is -0.357 e. The summed E-state index contributed by atoms with van der Waals surface area (Å²) in [4.78, 5) is 9.14. The summed E-state index contributed by atoms with van der Waals surface area (Å²) in [7, 11) is 0. The van der Waals surface area contributed by atoms with Crippen molar-refractivity contribution in [2.24, 2.45) is 4.99 Å². The lowest BCUT2D eigenvalue weighted by atomic mass is 10.1. The summed E-state index contributed by atoms with van der Waals surface area (Å²) >= 11 is 3.40. The molecule has 0 aliphatic heterocycles. The molecule has 1 aromatic carbocycles. The smallest absolute Gasteiger partial charge is 0.191 e. The number of guanidine groups is 1. The predicted octanol–water partition coefficient (Wildman–Crippen LogP) is 4.76. The molecule has 0 unspecified atom stereocenters. The summed E-state index contributed by atoms with van der Waals surface area (Å²) in [6, 6.07) is 4.95. The standard InChI is InChI=1S/C19H27FN4S2.HI/c1-4-21-19(22-9-5-6-18-24-14(2)12-26-18)23-11-15-7-8-17(20)10-16(15)13-25-3;/h7-8,10,12H,4-6,9,11,13H2,1-3H3,(H2,21,22,23);1H. The number of halogens is 2. The second kappa shape index (κ2) is 13.3. The molecule has 0 fully saturated rings. The van der Waals surface area contributed by atoms with Gasteiger partial charge in [0.1, 0.15) is 5.82 Å². The van der Waals surface area contributed by atoms with Crippen molar-refractivity contribution in [1.29, 1.82) is 0 Å². The zero-order valence-corrected chi connectivity index (χ0v) is 20.0. The minimum atomic E-state index is -0.191. The summed E-state index contributed by atoms with van der Waals surface area (Å²) < 4.78 is 13.5. The minimum absolute atomic E-state index is 0. The van der Waals surface area contributed by atoms with Crippen molar-refractivity contribution >= 4 is 53.0 Å². The fourth-order valence-corrected chi connectivity index (χ4v) is 3.91. The van der Waals surface area contributed by atoms with Crippen molar-refractivity contribution in [3.05, 3.63) is 51.2 Å². The molecule has 1 aromatic heterocycles. The molecule has 2 aromatic rings. The molecule has 0 spiro atoms. The monoisotopic (exact) mass is 522 g/mol. The quantitative estimate of drug-likeness (QED) is 0.216. The van der Waals surface area contributed by atoms with Gasteiger partial charge in [-0.3, -0.25) is 0 Å². The van der Waals surface area contributed by atoms with E-state index < -0.39 is 0 Å². The summed E-state index contributed by atoms with van der Waals surface area (Å²) in [5, 5.41) is 9.90. The van der Waals surface area contributed by atoms with Crippen LogP contribution in [0.4, 0.5) is 4.39 Å². The van der Waals surface area contributed by atoms with Crippen molar-refractivity contribution in [3.63, 3.8) is 0 Å². The molecule has 27 heavy (non-hydrogen) atoms. The Labute approximate surface area is 186 Å². The topological polar surface area (TPSA) is 49.3 Å². The van der Waals surface area contributed by atoms with Crippen LogP contribution in [0.1, 0.15) is 35.2 Å². The van der Waals surface area contributed by atoms with E-state index in [0.717, 1.165) is 54.5 Å². The summed E-state index contributed by atoms with van der Waals surface area (Å²) in [5.74, 6) is 1.39. The molecule has 0 saturated heterocycles. The molecule has 150 valence electrons. The highest BCUT2D eigenvalue weighted by atomic mass is 127. The molecular weight excluding hydrogens is 494 g/mol. The first-order valence-electron chi connectivity index (χ1n) is 8.81. The zero-order valence-electron chi connectivity index (χ0n) is 16.0. The molecule has 8 heteroatoms. The Bertz CT molecular complexity index is 721. The number of thioether (sulfide) groups is 1. The maximum atomic E-state index is 13.5. The highest BCUT2D eigenvalue weighted by Gasteiger charge is 2.05. The molecule has 0 bridgehead atoms. The number of hydrogen-bond donors (Lipinski definition) is 2. The van der Waals surface area contributed by atoms with Crippen molar-refractivity contribution in [1.82, 2.24) is 15.6 Å². The number of aromatic nitrogens is 1. The van der Waals surface area contributed by atoms with Crippen LogP contribution in [0.5, 0.6) is 0 Å². The molecule has 0 atom stereocenters. The van der Waals surface area contributed by atoms with Crippen molar-refractivity contribution in [2.75, 3.05) is 19.3 Å². The lowest BCUT2D eigenvalue weighted by molar-refractivity contribution is 0.625. The van der Waals surface area contributed by atoms with Gasteiger partial charge in [-0.2, -0.15) is 11.8 Å². The van der Waals surface area contributed by atoms with E-state index in [1.54, 1.807) is 29.2 Å². The summed E-state index contributed by atoms with van der Waals surface area (Å²) in [5.41, 5.74) is 3.17. The van der Waals surface area contributed by atoms with E-state index in [1.165, 1.54) is 11.1 Å². The van der Waals surface area contributed by atoms with Gasteiger partial charge in [0.05, 0.1) is 11.6 Å². The third-order valence-electron chi connectivity index (χ3n) is 3.75. The molecule has 0 aliphatic carbocycles. The van der Waals surface area contributed by atoms with Gasteiger partial charge in [0.15, 0.2) is 5.96 Å². The molecule has 0 saturated carbocycles. The largest absolute Gasteiger partial charge is 0.357 e. The van der Waals surface area contributed by atoms with E-state index >= 15 is 0 Å². The third-order valence-corrected chi connectivity index (χ3v) is 5.37. The van der Waals surface area contributed by atoms with Crippen LogP contribution in [0.25, 0.3) is 0 Å². The second-order valence-electron chi connectivity index (χ2n) is 5.95. The second-order valence-corrected chi connectivity index (χ2v) is 7.76. The number of hydrogen-bond acceptors (Lipinski definition) is 4. The van der Waals surface area contributed by atoms with Crippen molar-refractivity contribution < 1.29 is 4.39 Å². The fourth-order valence-electron chi connectivity index (χ4n) is 2.51. The van der Waals surface area contributed by atoms with Crippen LogP contribution in [-0.4, -0.2) is 30.3 Å². The third kappa shape index (κ3) is 8.78. The number of aliphatic imine (C=N–C) groups is 1. The van der Waals surface area contributed by atoms with Gasteiger partial charge in [0, 0.05) is 36.3 Å². The van der Waals surface area contributed by atoms with E-state index in [-0.39, 0.29) is 29.8 Å². The lowest BCUT2D eigenvalue weighted by Crippen LogP contribution is -2.37. The number of rotatable bonds is 9. The van der Waals surface area contributed by atoms with E-state index in [4.69, 9.17) is 0 Å². The van der Waals surface area contributed by atoms with Gasteiger partial charge < -0.3 is 10.6 Å². The highest BCUT2D eigenvalue weighted by Crippen LogP contribution is 2.17.